The van der Waals surface area contributed by atoms with Gasteiger partial charge in [-0.3, -0.25) is 4.99 Å². The number of halogens is 1. The van der Waals surface area contributed by atoms with Crippen LogP contribution in [0.5, 0.6) is 0 Å². The summed E-state index contributed by atoms with van der Waals surface area (Å²) in [6, 6.07) is 10.6. The molecule has 5 nitrogen and oxygen atoms in total. The molecule has 2 aliphatic heterocycles. The lowest BCUT2D eigenvalue weighted by Crippen LogP contribution is -2.41. The summed E-state index contributed by atoms with van der Waals surface area (Å²) < 4.78 is 5.62. The molecule has 1 aromatic rings. The number of hydrogen-bond donors (Lipinski definition) is 1. The molecule has 2 heterocycles. The SMILES string of the molecule is CN=C(NCCCCN(C)c1ccccc1)N1CCC2(CCOC2)C1.I. The second-order valence-electron chi connectivity index (χ2n) is 7.41. The van der Waals surface area contributed by atoms with Gasteiger partial charge in [-0.25, -0.2) is 0 Å². The molecular weight excluding hydrogens is 439 g/mol. The molecule has 0 saturated carbocycles. The molecule has 0 radical (unpaired) electrons. The molecule has 0 bridgehead atoms. The summed E-state index contributed by atoms with van der Waals surface area (Å²) in [5.41, 5.74) is 1.67. The second-order valence-corrected chi connectivity index (χ2v) is 7.41. The van der Waals surface area contributed by atoms with Crippen LogP contribution in [0, 0.1) is 5.41 Å². The summed E-state index contributed by atoms with van der Waals surface area (Å²) in [6.07, 6.45) is 4.76. The van der Waals surface area contributed by atoms with Crippen LogP contribution in [0.2, 0.25) is 0 Å². The fraction of sp³-hybridized carbons (Fsp3) is 0.650. The summed E-state index contributed by atoms with van der Waals surface area (Å²) in [6.45, 7) is 6.09. The molecule has 0 aliphatic carbocycles. The van der Waals surface area contributed by atoms with Crippen LogP contribution in [0.1, 0.15) is 25.7 Å². The fourth-order valence-corrected chi connectivity index (χ4v) is 3.91. The highest BCUT2D eigenvalue weighted by Gasteiger charge is 2.42. The van der Waals surface area contributed by atoms with E-state index in [0.717, 1.165) is 51.8 Å². The van der Waals surface area contributed by atoms with Gasteiger partial charge in [-0.05, 0) is 37.8 Å². The maximum atomic E-state index is 5.62. The predicted octanol–water partition coefficient (Wildman–Crippen LogP) is 3.21. The Balaban J connectivity index is 0.00000243. The number of anilines is 1. The highest BCUT2D eigenvalue weighted by Crippen LogP contribution is 2.38. The Bertz CT molecular complexity index is 560. The van der Waals surface area contributed by atoms with Crippen molar-refractivity contribution in [2.24, 2.45) is 10.4 Å². The number of benzene rings is 1. The van der Waals surface area contributed by atoms with Crippen LogP contribution in [0.25, 0.3) is 0 Å². The van der Waals surface area contributed by atoms with E-state index >= 15 is 0 Å². The number of rotatable bonds is 6. The van der Waals surface area contributed by atoms with Crippen molar-refractivity contribution < 1.29 is 4.74 Å². The van der Waals surface area contributed by atoms with Crippen molar-refractivity contribution in [2.45, 2.75) is 25.7 Å². The summed E-state index contributed by atoms with van der Waals surface area (Å²) in [7, 11) is 4.05. The zero-order chi connectivity index (χ0) is 17.5. The van der Waals surface area contributed by atoms with Gasteiger partial charge in [0.25, 0.3) is 0 Å². The minimum absolute atomic E-state index is 0. The van der Waals surface area contributed by atoms with E-state index < -0.39 is 0 Å². The molecule has 1 atom stereocenters. The Morgan fingerprint density at radius 1 is 1.27 bits per heavy atom. The minimum atomic E-state index is 0. The molecule has 1 unspecified atom stereocenters. The van der Waals surface area contributed by atoms with Crippen LogP contribution in [0.15, 0.2) is 35.3 Å². The Labute approximate surface area is 175 Å². The van der Waals surface area contributed by atoms with Crippen molar-refractivity contribution in [1.82, 2.24) is 10.2 Å². The molecule has 1 N–H and O–H groups in total. The first-order valence-electron chi connectivity index (χ1n) is 9.52. The topological polar surface area (TPSA) is 40.1 Å². The molecule has 0 aromatic heterocycles. The maximum Gasteiger partial charge on any atom is 0.193 e. The first-order valence-corrected chi connectivity index (χ1v) is 9.52. The third kappa shape index (κ3) is 5.49. The molecule has 6 heteroatoms. The van der Waals surface area contributed by atoms with Gasteiger partial charge in [0.2, 0.25) is 0 Å². The normalized spacial score (nSPS) is 22.5. The lowest BCUT2D eigenvalue weighted by atomic mass is 9.87. The quantitative estimate of drug-likeness (QED) is 0.299. The lowest BCUT2D eigenvalue weighted by molar-refractivity contribution is 0.156. The lowest BCUT2D eigenvalue weighted by Gasteiger charge is -2.25. The highest BCUT2D eigenvalue weighted by molar-refractivity contribution is 14.0. The van der Waals surface area contributed by atoms with Crippen LogP contribution < -0.4 is 10.2 Å². The smallest absolute Gasteiger partial charge is 0.193 e. The Morgan fingerprint density at radius 2 is 2.08 bits per heavy atom. The number of hydrogen-bond acceptors (Lipinski definition) is 3. The maximum absolute atomic E-state index is 5.62. The number of aliphatic imine (C=N–C) groups is 1. The average molecular weight is 472 g/mol. The number of guanidine groups is 1. The zero-order valence-corrected chi connectivity index (χ0v) is 18.4. The van der Waals surface area contributed by atoms with Gasteiger partial charge in [0.15, 0.2) is 5.96 Å². The van der Waals surface area contributed by atoms with Crippen LogP contribution in [0.3, 0.4) is 0 Å². The van der Waals surface area contributed by atoms with Gasteiger partial charge >= 0.3 is 0 Å². The number of nitrogens with one attached hydrogen (secondary N) is 1. The molecule has 2 fully saturated rings. The van der Waals surface area contributed by atoms with Crippen LogP contribution in [0.4, 0.5) is 5.69 Å². The van der Waals surface area contributed by atoms with E-state index in [0.29, 0.717) is 5.41 Å². The number of nitrogens with zero attached hydrogens (tertiary/aromatic N) is 3. The third-order valence-corrected chi connectivity index (χ3v) is 5.54. The molecule has 0 amide bonds. The summed E-state index contributed by atoms with van der Waals surface area (Å²) in [4.78, 5) is 9.21. The highest BCUT2D eigenvalue weighted by atomic mass is 127. The first-order chi connectivity index (χ1) is 12.2. The van der Waals surface area contributed by atoms with E-state index in [4.69, 9.17) is 4.74 Å². The fourth-order valence-electron chi connectivity index (χ4n) is 3.91. The number of unbranched alkanes of at least 4 members (excludes halogenated alkanes) is 1. The van der Waals surface area contributed by atoms with Gasteiger partial charge in [0, 0.05) is 58.0 Å². The van der Waals surface area contributed by atoms with Crippen LogP contribution in [-0.2, 0) is 4.74 Å². The van der Waals surface area contributed by atoms with Gasteiger partial charge in [-0.15, -0.1) is 24.0 Å². The second kappa shape index (κ2) is 10.3. The summed E-state index contributed by atoms with van der Waals surface area (Å²) in [5.74, 6) is 1.06. The molecule has 146 valence electrons. The standard InChI is InChI=1S/C20H32N4O.HI/c1-21-19(24-14-10-20(16-24)11-15-25-17-20)22-12-6-7-13-23(2)18-8-4-3-5-9-18;/h3-5,8-9H,6-7,10-17H2,1-2H3,(H,21,22);1H. The summed E-state index contributed by atoms with van der Waals surface area (Å²) >= 11 is 0. The van der Waals surface area contributed by atoms with Gasteiger partial charge in [-0.2, -0.15) is 0 Å². The van der Waals surface area contributed by atoms with E-state index in [2.05, 4.69) is 57.5 Å². The Morgan fingerprint density at radius 3 is 2.77 bits per heavy atom. The Kier molecular flexibility index (Phi) is 8.47. The van der Waals surface area contributed by atoms with Gasteiger partial charge in [0.1, 0.15) is 0 Å². The molecule has 1 spiro atoms. The zero-order valence-electron chi connectivity index (χ0n) is 16.1. The molecule has 2 saturated heterocycles. The monoisotopic (exact) mass is 472 g/mol. The molecule has 26 heavy (non-hydrogen) atoms. The van der Waals surface area contributed by atoms with Crippen molar-refractivity contribution in [3.63, 3.8) is 0 Å². The number of likely N-dealkylation sites (tertiary alicyclic amines) is 1. The average Bonchev–Trinajstić information content (AvgIpc) is 3.29. The first kappa shape index (κ1) is 21.3. The summed E-state index contributed by atoms with van der Waals surface area (Å²) in [5, 5.41) is 3.55. The van der Waals surface area contributed by atoms with Crippen molar-refractivity contribution in [1.29, 1.82) is 0 Å². The van der Waals surface area contributed by atoms with E-state index in [9.17, 15) is 0 Å². The Hall–Kier alpha value is -1.02. The van der Waals surface area contributed by atoms with Gasteiger partial charge in [-0.1, -0.05) is 18.2 Å². The number of para-hydroxylation sites is 1. The minimum Gasteiger partial charge on any atom is -0.381 e. The molecule has 1 aromatic carbocycles. The number of ether oxygens (including phenoxy) is 1. The van der Waals surface area contributed by atoms with Crippen molar-refractivity contribution in [3.8, 4) is 0 Å². The van der Waals surface area contributed by atoms with Crippen LogP contribution >= 0.6 is 24.0 Å². The molecule has 3 rings (SSSR count). The van der Waals surface area contributed by atoms with Gasteiger partial charge < -0.3 is 19.9 Å². The van der Waals surface area contributed by atoms with Crippen molar-refractivity contribution in [2.75, 3.05) is 58.4 Å². The molecule has 2 aliphatic rings. The van der Waals surface area contributed by atoms with E-state index in [1.54, 1.807) is 0 Å². The van der Waals surface area contributed by atoms with E-state index in [-0.39, 0.29) is 24.0 Å². The third-order valence-electron chi connectivity index (χ3n) is 5.54. The molecular formula is C20H33IN4O. The largest absolute Gasteiger partial charge is 0.381 e. The van der Waals surface area contributed by atoms with E-state index in [1.807, 2.05) is 7.05 Å². The van der Waals surface area contributed by atoms with E-state index in [1.165, 1.54) is 24.9 Å². The predicted molar refractivity (Wildman–Crippen MR) is 120 cm³/mol. The van der Waals surface area contributed by atoms with Crippen molar-refractivity contribution >= 4 is 35.6 Å². The van der Waals surface area contributed by atoms with Crippen LogP contribution in [-0.4, -0.2) is 64.3 Å². The van der Waals surface area contributed by atoms with Gasteiger partial charge in [0.05, 0.1) is 6.61 Å². The van der Waals surface area contributed by atoms with Crippen molar-refractivity contribution in [3.05, 3.63) is 30.3 Å².